The van der Waals surface area contributed by atoms with Crippen LogP contribution in [-0.2, 0) is 4.79 Å². The van der Waals surface area contributed by atoms with Crippen LogP contribution in [0.3, 0.4) is 0 Å². The minimum Gasteiger partial charge on any atom is -0.348 e. The molecular weight excluding hydrogens is 385 g/mol. The van der Waals surface area contributed by atoms with Gasteiger partial charge in [0, 0.05) is 5.92 Å². The zero-order valence-corrected chi connectivity index (χ0v) is 17.6. The van der Waals surface area contributed by atoms with Gasteiger partial charge in [-0.3, -0.25) is 9.69 Å². The predicted octanol–water partition coefficient (Wildman–Crippen LogP) is 4.88. The van der Waals surface area contributed by atoms with Gasteiger partial charge in [-0.25, -0.2) is 9.37 Å². The van der Waals surface area contributed by atoms with Gasteiger partial charge in [0.2, 0.25) is 5.91 Å². The highest BCUT2D eigenvalue weighted by Crippen LogP contribution is 2.34. The number of thiazole rings is 1. The Kier molecular flexibility index (Phi) is 5.92. The molecule has 29 heavy (non-hydrogen) atoms. The van der Waals surface area contributed by atoms with Crippen LogP contribution in [0.15, 0.2) is 48.5 Å². The Labute approximate surface area is 174 Å². The third kappa shape index (κ3) is 4.49. The van der Waals surface area contributed by atoms with E-state index in [-0.39, 0.29) is 23.8 Å². The molecule has 0 saturated carbocycles. The second-order valence-corrected chi connectivity index (χ2v) is 8.85. The fraction of sp³-hybridized carbons (Fsp3) is 0.391. The highest BCUT2D eigenvalue weighted by molar-refractivity contribution is 7.18. The number of para-hydroxylation sites is 1. The number of piperidine rings is 1. The van der Waals surface area contributed by atoms with Crippen LogP contribution in [-0.4, -0.2) is 34.9 Å². The first kappa shape index (κ1) is 20.0. The number of likely N-dealkylation sites (tertiary alicyclic amines) is 1. The topological polar surface area (TPSA) is 45.2 Å². The largest absolute Gasteiger partial charge is 0.348 e. The van der Waals surface area contributed by atoms with Crippen LogP contribution in [0, 0.1) is 5.82 Å². The molecule has 1 aliphatic rings. The van der Waals surface area contributed by atoms with Crippen molar-refractivity contribution in [3.63, 3.8) is 0 Å². The number of amides is 1. The third-order valence-corrected chi connectivity index (χ3v) is 7.04. The van der Waals surface area contributed by atoms with Crippen LogP contribution in [0.2, 0.25) is 0 Å². The first-order chi connectivity index (χ1) is 14.0. The molecule has 6 heteroatoms. The van der Waals surface area contributed by atoms with Crippen molar-refractivity contribution in [3.8, 4) is 0 Å². The van der Waals surface area contributed by atoms with Gasteiger partial charge in [-0.2, -0.15) is 0 Å². The Morgan fingerprint density at radius 1 is 1.14 bits per heavy atom. The molecular formula is C23H26FN3OS. The van der Waals surface area contributed by atoms with Gasteiger partial charge >= 0.3 is 0 Å². The lowest BCUT2D eigenvalue weighted by Gasteiger charge is -2.35. The van der Waals surface area contributed by atoms with Crippen molar-refractivity contribution in [1.82, 2.24) is 15.2 Å². The van der Waals surface area contributed by atoms with Crippen molar-refractivity contribution in [2.75, 3.05) is 13.1 Å². The van der Waals surface area contributed by atoms with Gasteiger partial charge in [0.25, 0.3) is 0 Å². The summed E-state index contributed by atoms with van der Waals surface area (Å²) in [6.45, 7) is 5.67. The molecule has 2 aromatic carbocycles. The molecule has 0 bridgehead atoms. The van der Waals surface area contributed by atoms with E-state index in [0.29, 0.717) is 5.92 Å². The Bertz CT molecular complexity index is 946. The SMILES string of the molecule is CC(NC(=O)C(C)N1CCC(c2nc3ccccc3s2)CC1)c1ccc(F)cc1. The quantitative estimate of drug-likeness (QED) is 0.651. The minimum absolute atomic E-state index is 0.0141. The maximum Gasteiger partial charge on any atom is 0.237 e. The monoisotopic (exact) mass is 411 g/mol. The number of fused-ring (bicyclic) bond motifs is 1. The molecule has 152 valence electrons. The van der Waals surface area contributed by atoms with Crippen molar-refractivity contribution in [2.24, 2.45) is 0 Å². The molecule has 3 aromatic rings. The molecule has 0 radical (unpaired) electrons. The van der Waals surface area contributed by atoms with Crippen LogP contribution in [0.4, 0.5) is 4.39 Å². The molecule has 1 aromatic heterocycles. The lowest BCUT2D eigenvalue weighted by Crippen LogP contribution is -2.48. The van der Waals surface area contributed by atoms with E-state index in [2.05, 4.69) is 28.4 Å². The zero-order valence-electron chi connectivity index (χ0n) is 16.8. The van der Waals surface area contributed by atoms with Gasteiger partial charge in [0.15, 0.2) is 0 Å². The molecule has 1 fully saturated rings. The van der Waals surface area contributed by atoms with Crippen LogP contribution >= 0.6 is 11.3 Å². The van der Waals surface area contributed by atoms with Crippen LogP contribution in [0.25, 0.3) is 10.2 Å². The van der Waals surface area contributed by atoms with E-state index in [1.165, 1.54) is 21.8 Å². The number of hydrogen-bond acceptors (Lipinski definition) is 4. The van der Waals surface area contributed by atoms with Crippen molar-refractivity contribution >= 4 is 27.5 Å². The Morgan fingerprint density at radius 2 is 1.83 bits per heavy atom. The lowest BCUT2D eigenvalue weighted by molar-refractivity contribution is -0.127. The van der Waals surface area contributed by atoms with Gasteiger partial charge in [-0.05, 0) is 69.6 Å². The number of rotatable bonds is 5. The Balaban J connectivity index is 1.32. The molecule has 0 aliphatic carbocycles. The van der Waals surface area contributed by atoms with Crippen LogP contribution < -0.4 is 5.32 Å². The van der Waals surface area contributed by atoms with E-state index in [1.54, 1.807) is 23.5 Å². The number of hydrogen-bond donors (Lipinski definition) is 1. The van der Waals surface area contributed by atoms with Gasteiger partial charge in [-0.15, -0.1) is 11.3 Å². The maximum absolute atomic E-state index is 13.1. The van der Waals surface area contributed by atoms with Crippen LogP contribution in [0.5, 0.6) is 0 Å². The van der Waals surface area contributed by atoms with Gasteiger partial charge in [0.1, 0.15) is 5.82 Å². The highest BCUT2D eigenvalue weighted by atomic mass is 32.1. The van der Waals surface area contributed by atoms with Crippen molar-refractivity contribution < 1.29 is 9.18 Å². The summed E-state index contributed by atoms with van der Waals surface area (Å²) in [5.74, 6) is 0.217. The number of nitrogens with one attached hydrogen (secondary N) is 1. The standard InChI is InChI=1S/C23H26FN3OS/c1-15(17-7-9-19(24)10-8-17)25-22(28)16(2)27-13-11-18(12-14-27)23-26-20-5-3-4-6-21(20)29-23/h3-10,15-16,18H,11-14H2,1-2H3,(H,25,28). The van der Waals surface area contributed by atoms with Crippen molar-refractivity contribution in [1.29, 1.82) is 0 Å². The molecule has 2 heterocycles. The molecule has 2 unspecified atom stereocenters. The number of halogens is 1. The maximum atomic E-state index is 13.1. The number of carbonyl (C=O) groups excluding carboxylic acids is 1. The first-order valence-corrected chi connectivity index (χ1v) is 11.0. The number of benzene rings is 2. The zero-order chi connectivity index (χ0) is 20.4. The van der Waals surface area contributed by atoms with E-state index < -0.39 is 0 Å². The summed E-state index contributed by atoms with van der Waals surface area (Å²) in [4.78, 5) is 19.8. The molecule has 2 atom stereocenters. The summed E-state index contributed by atoms with van der Waals surface area (Å²) in [7, 11) is 0. The second-order valence-electron chi connectivity index (χ2n) is 7.79. The molecule has 1 amide bonds. The summed E-state index contributed by atoms with van der Waals surface area (Å²) >= 11 is 1.79. The fourth-order valence-electron chi connectivity index (χ4n) is 3.93. The van der Waals surface area contributed by atoms with E-state index in [9.17, 15) is 9.18 Å². The van der Waals surface area contributed by atoms with E-state index in [0.717, 1.165) is 37.0 Å². The smallest absolute Gasteiger partial charge is 0.237 e. The normalized spacial score (nSPS) is 17.9. The summed E-state index contributed by atoms with van der Waals surface area (Å²) in [6, 6.07) is 14.2. The number of carbonyl (C=O) groups is 1. The first-order valence-electron chi connectivity index (χ1n) is 10.2. The predicted molar refractivity (Wildman–Crippen MR) is 116 cm³/mol. The highest BCUT2D eigenvalue weighted by Gasteiger charge is 2.29. The molecule has 4 nitrogen and oxygen atoms in total. The van der Waals surface area contributed by atoms with Crippen molar-refractivity contribution in [2.45, 2.75) is 44.7 Å². The van der Waals surface area contributed by atoms with Crippen LogP contribution in [0.1, 0.15) is 49.2 Å². The van der Waals surface area contributed by atoms with Gasteiger partial charge in [-0.1, -0.05) is 24.3 Å². The molecule has 1 N–H and O–H groups in total. The summed E-state index contributed by atoms with van der Waals surface area (Å²) in [6.07, 6.45) is 2.04. The van der Waals surface area contributed by atoms with E-state index >= 15 is 0 Å². The molecule has 1 aliphatic heterocycles. The summed E-state index contributed by atoms with van der Waals surface area (Å²) < 4.78 is 14.3. The molecule has 1 saturated heterocycles. The average Bonchev–Trinajstić information content (AvgIpc) is 3.18. The number of aromatic nitrogens is 1. The van der Waals surface area contributed by atoms with Gasteiger partial charge in [0.05, 0.1) is 27.3 Å². The molecule has 4 rings (SSSR count). The molecule has 0 spiro atoms. The Morgan fingerprint density at radius 3 is 2.52 bits per heavy atom. The fourth-order valence-corrected chi connectivity index (χ4v) is 5.07. The average molecular weight is 412 g/mol. The second kappa shape index (κ2) is 8.59. The summed E-state index contributed by atoms with van der Waals surface area (Å²) in [5, 5.41) is 4.28. The van der Waals surface area contributed by atoms with Crippen molar-refractivity contribution in [3.05, 3.63) is 64.9 Å². The minimum atomic E-state index is -0.267. The third-order valence-electron chi connectivity index (χ3n) is 5.85. The number of nitrogens with zero attached hydrogens (tertiary/aromatic N) is 2. The summed E-state index contributed by atoms with van der Waals surface area (Å²) in [5.41, 5.74) is 1.99. The van der Waals surface area contributed by atoms with Gasteiger partial charge < -0.3 is 5.32 Å². The lowest BCUT2D eigenvalue weighted by atomic mass is 9.96. The Hall–Kier alpha value is -2.31. The van der Waals surface area contributed by atoms with E-state index in [1.807, 2.05) is 19.9 Å². The van der Waals surface area contributed by atoms with E-state index in [4.69, 9.17) is 4.98 Å².